The third-order valence-electron chi connectivity index (χ3n) is 4.86. The number of nitrogens with one attached hydrogen (secondary N) is 1. The van der Waals surface area contributed by atoms with Crippen molar-refractivity contribution in [2.24, 2.45) is 5.92 Å². The number of methoxy groups -OCH3 is 1. The Bertz CT molecular complexity index is 421. The number of nitrogens with zero attached hydrogens (tertiary/aromatic N) is 2. The lowest BCUT2D eigenvalue weighted by Gasteiger charge is -2.32. The predicted octanol–water partition coefficient (Wildman–Crippen LogP) is 2.42. The Labute approximate surface area is 120 Å². The lowest BCUT2D eigenvalue weighted by atomic mass is 9.84. The van der Waals surface area contributed by atoms with Crippen LogP contribution < -0.4 is 5.32 Å². The highest BCUT2D eigenvalue weighted by Gasteiger charge is 2.38. The van der Waals surface area contributed by atoms with Crippen molar-refractivity contribution in [2.45, 2.75) is 57.0 Å². The van der Waals surface area contributed by atoms with Gasteiger partial charge in [0, 0.05) is 13.5 Å². The smallest absolute Gasteiger partial charge is 0.226 e. The number of rotatable bonds is 5. The van der Waals surface area contributed by atoms with Crippen LogP contribution in [0.4, 0.5) is 0 Å². The fourth-order valence-electron chi connectivity index (χ4n) is 3.47. The summed E-state index contributed by atoms with van der Waals surface area (Å²) in [5.74, 6) is 2.30. The molecule has 0 spiro atoms. The first-order valence-electron chi connectivity index (χ1n) is 7.91. The zero-order valence-corrected chi connectivity index (χ0v) is 12.4. The van der Waals surface area contributed by atoms with Gasteiger partial charge in [0.05, 0.1) is 0 Å². The van der Waals surface area contributed by atoms with E-state index in [1.807, 2.05) is 0 Å². The molecule has 1 N–H and O–H groups in total. The molecular weight excluding hydrogens is 254 g/mol. The van der Waals surface area contributed by atoms with Crippen molar-refractivity contribution >= 4 is 0 Å². The quantitative estimate of drug-likeness (QED) is 0.897. The van der Waals surface area contributed by atoms with Gasteiger partial charge in [0.15, 0.2) is 0 Å². The van der Waals surface area contributed by atoms with Gasteiger partial charge in [-0.2, -0.15) is 4.98 Å². The summed E-state index contributed by atoms with van der Waals surface area (Å²) < 4.78 is 11.2. The number of aryl methyl sites for hydroxylation is 1. The monoisotopic (exact) mass is 279 g/mol. The molecule has 0 radical (unpaired) electrons. The van der Waals surface area contributed by atoms with Crippen LogP contribution in [0.25, 0.3) is 0 Å². The summed E-state index contributed by atoms with van der Waals surface area (Å²) in [6.45, 7) is 2.27. The normalized spacial score (nSPS) is 25.9. The van der Waals surface area contributed by atoms with Crippen LogP contribution in [0.5, 0.6) is 0 Å². The lowest BCUT2D eigenvalue weighted by molar-refractivity contribution is -0.0527. The van der Waals surface area contributed by atoms with E-state index < -0.39 is 0 Å². The lowest BCUT2D eigenvalue weighted by Crippen LogP contribution is -2.32. The molecule has 3 rings (SSSR count). The Hall–Kier alpha value is -0.940. The standard InChI is InChI=1S/C15H25N3O2/c1-19-15(8-3-2-4-9-15)14-17-13(20-18-14)6-5-12-7-10-16-11-12/h12,16H,2-11H2,1H3. The highest BCUT2D eigenvalue weighted by atomic mass is 16.5. The van der Waals surface area contributed by atoms with Crippen LogP contribution in [0.3, 0.4) is 0 Å². The van der Waals surface area contributed by atoms with Crippen molar-refractivity contribution in [3.05, 3.63) is 11.7 Å². The Kier molecular flexibility index (Phi) is 4.36. The summed E-state index contributed by atoms with van der Waals surface area (Å²) in [7, 11) is 1.77. The second-order valence-corrected chi connectivity index (χ2v) is 6.17. The van der Waals surface area contributed by atoms with Gasteiger partial charge in [-0.25, -0.2) is 0 Å². The number of aromatic nitrogens is 2. The molecule has 1 aromatic heterocycles. The maximum absolute atomic E-state index is 5.76. The molecule has 2 heterocycles. The van der Waals surface area contributed by atoms with Crippen LogP contribution in [-0.4, -0.2) is 30.3 Å². The topological polar surface area (TPSA) is 60.2 Å². The van der Waals surface area contributed by atoms with Crippen LogP contribution in [0.2, 0.25) is 0 Å². The number of hydrogen-bond acceptors (Lipinski definition) is 5. The van der Waals surface area contributed by atoms with Crippen LogP contribution >= 0.6 is 0 Å². The summed E-state index contributed by atoms with van der Waals surface area (Å²) in [5, 5.41) is 7.60. The predicted molar refractivity (Wildman–Crippen MR) is 75.4 cm³/mol. The minimum Gasteiger partial charge on any atom is -0.370 e. The first-order chi connectivity index (χ1) is 9.82. The van der Waals surface area contributed by atoms with Crippen molar-refractivity contribution in [1.29, 1.82) is 0 Å². The van der Waals surface area contributed by atoms with Crippen LogP contribution in [-0.2, 0) is 16.8 Å². The van der Waals surface area contributed by atoms with Gasteiger partial charge in [0.2, 0.25) is 11.7 Å². The molecule has 1 saturated heterocycles. The SMILES string of the molecule is COC1(c2noc(CCC3CCNC3)n2)CCCCC1. The maximum atomic E-state index is 5.76. The van der Waals surface area contributed by atoms with Gasteiger partial charge in [0.25, 0.3) is 0 Å². The molecule has 0 aromatic carbocycles. The Balaban J connectivity index is 1.62. The van der Waals surface area contributed by atoms with Crippen LogP contribution in [0.15, 0.2) is 4.52 Å². The van der Waals surface area contributed by atoms with Gasteiger partial charge in [-0.15, -0.1) is 0 Å². The Morgan fingerprint density at radius 3 is 2.90 bits per heavy atom. The van der Waals surface area contributed by atoms with Crippen molar-refractivity contribution < 1.29 is 9.26 Å². The molecule has 1 aliphatic carbocycles. The molecule has 1 aliphatic heterocycles. The van der Waals surface area contributed by atoms with E-state index in [1.54, 1.807) is 7.11 Å². The largest absolute Gasteiger partial charge is 0.370 e. The Morgan fingerprint density at radius 1 is 1.35 bits per heavy atom. The molecule has 112 valence electrons. The van der Waals surface area contributed by atoms with E-state index in [0.717, 1.165) is 56.4 Å². The molecule has 1 saturated carbocycles. The number of hydrogen-bond donors (Lipinski definition) is 1. The van der Waals surface area contributed by atoms with E-state index in [4.69, 9.17) is 9.26 Å². The van der Waals surface area contributed by atoms with Gasteiger partial charge in [-0.05, 0) is 44.7 Å². The van der Waals surface area contributed by atoms with Crippen LogP contribution in [0, 0.1) is 5.92 Å². The summed E-state index contributed by atoms with van der Waals surface area (Å²) in [6.07, 6.45) is 8.96. The summed E-state index contributed by atoms with van der Waals surface area (Å²) in [5.41, 5.74) is -0.297. The van der Waals surface area contributed by atoms with Crippen molar-refractivity contribution in [3.8, 4) is 0 Å². The molecule has 0 amide bonds. The van der Waals surface area contributed by atoms with Gasteiger partial charge in [0.1, 0.15) is 5.60 Å². The molecule has 1 aromatic rings. The molecule has 2 aliphatic rings. The highest BCUT2D eigenvalue weighted by Crippen LogP contribution is 2.38. The van der Waals surface area contributed by atoms with Crippen molar-refractivity contribution in [3.63, 3.8) is 0 Å². The minimum absolute atomic E-state index is 0.297. The van der Waals surface area contributed by atoms with Crippen LogP contribution in [0.1, 0.15) is 56.7 Å². The molecule has 0 bridgehead atoms. The average molecular weight is 279 g/mol. The summed E-state index contributed by atoms with van der Waals surface area (Å²) in [4.78, 5) is 4.61. The first-order valence-corrected chi connectivity index (χ1v) is 7.91. The Morgan fingerprint density at radius 2 is 2.20 bits per heavy atom. The first kappa shape index (κ1) is 14.0. The van der Waals surface area contributed by atoms with E-state index in [1.165, 1.54) is 25.7 Å². The van der Waals surface area contributed by atoms with E-state index >= 15 is 0 Å². The second-order valence-electron chi connectivity index (χ2n) is 6.17. The maximum Gasteiger partial charge on any atom is 0.226 e. The molecule has 5 heteroatoms. The van der Waals surface area contributed by atoms with Gasteiger partial charge < -0.3 is 14.6 Å². The summed E-state index contributed by atoms with van der Waals surface area (Å²) >= 11 is 0. The molecule has 1 unspecified atom stereocenters. The van der Waals surface area contributed by atoms with Gasteiger partial charge >= 0.3 is 0 Å². The second kappa shape index (κ2) is 6.22. The van der Waals surface area contributed by atoms with Crippen molar-refractivity contribution in [1.82, 2.24) is 15.5 Å². The molecule has 2 fully saturated rings. The molecule has 1 atom stereocenters. The molecule has 5 nitrogen and oxygen atoms in total. The molecule has 20 heavy (non-hydrogen) atoms. The van der Waals surface area contributed by atoms with Crippen molar-refractivity contribution in [2.75, 3.05) is 20.2 Å². The van der Waals surface area contributed by atoms with E-state index in [0.29, 0.717) is 0 Å². The average Bonchev–Trinajstić information content (AvgIpc) is 3.17. The fourth-order valence-corrected chi connectivity index (χ4v) is 3.47. The van der Waals surface area contributed by atoms with E-state index in [2.05, 4.69) is 15.5 Å². The minimum atomic E-state index is -0.297. The third kappa shape index (κ3) is 2.88. The van der Waals surface area contributed by atoms with E-state index in [-0.39, 0.29) is 5.60 Å². The van der Waals surface area contributed by atoms with E-state index in [9.17, 15) is 0 Å². The van der Waals surface area contributed by atoms with Gasteiger partial charge in [-0.1, -0.05) is 24.4 Å². The highest BCUT2D eigenvalue weighted by molar-refractivity contribution is 5.03. The summed E-state index contributed by atoms with van der Waals surface area (Å²) in [6, 6.07) is 0. The molecular formula is C15H25N3O2. The number of ether oxygens (including phenoxy) is 1. The zero-order valence-electron chi connectivity index (χ0n) is 12.4. The third-order valence-corrected chi connectivity index (χ3v) is 4.86. The fraction of sp³-hybridized carbons (Fsp3) is 0.867. The zero-order chi connectivity index (χ0) is 13.8. The van der Waals surface area contributed by atoms with Gasteiger partial charge in [-0.3, -0.25) is 0 Å².